The summed E-state index contributed by atoms with van der Waals surface area (Å²) in [6.45, 7) is 4.00. The van der Waals surface area contributed by atoms with Crippen molar-refractivity contribution in [1.82, 2.24) is 4.98 Å². The van der Waals surface area contributed by atoms with Crippen molar-refractivity contribution in [3.05, 3.63) is 48.2 Å². The van der Waals surface area contributed by atoms with Crippen LogP contribution in [0.4, 0.5) is 11.4 Å². The number of aromatic nitrogens is 1. The van der Waals surface area contributed by atoms with Gasteiger partial charge in [0.05, 0.1) is 11.4 Å². The second-order valence-electron chi connectivity index (χ2n) is 4.75. The second kappa shape index (κ2) is 5.50. The summed E-state index contributed by atoms with van der Waals surface area (Å²) in [5.41, 5.74) is 7.27. The number of nitrogens with two attached hydrogens (primary N) is 1. The highest BCUT2D eigenvalue weighted by Gasteiger charge is 2.20. The lowest BCUT2D eigenvalue weighted by molar-refractivity contribution is 0.598. The van der Waals surface area contributed by atoms with E-state index in [1.807, 2.05) is 26.0 Å². The van der Waals surface area contributed by atoms with Gasteiger partial charge in [0.1, 0.15) is 0 Å². The number of nitrogens with one attached hydrogen (secondary N) is 1. The molecule has 3 N–H and O–H groups in total. The lowest BCUT2D eigenvalue weighted by atomic mass is 10.0. The van der Waals surface area contributed by atoms with E-state index in [1.54, 1.807) is 18.2 Å². The predicted octanol–water partition coefficient (Wildman–Crippen LogP) is 2.59. The summed E-state index contributed by atoms with van der Waals surface area (Å²) in [7, 11) is -3.79. The molecule has 0 spiro atoms. The van der Waals surface area contributed by atoms with E-state index in [0.29, 0.717) is 5.69 Å². The minimum atomic E-state index is -3.79. The highest BCUT2D eigenvalue weighted by atomic mass is 32.2. The van der Waals surface area contributed by atoms with Gasteiger partial charge in [0, 0.05) is 6.20 Å². The van der Waals surface area contributed by atoms with E-state index in [-0.39, 0.29) is 16.6 Å². The van der Waals surface area contributed by atoms with Crippen LogP contribution in [0.5, 0.6) is 0 Å². The Morgan fingerprint density at radius 1 is 1.15 bits per heavy atom. The van der Waals surface area contributed by atoms with E-state index in [0.717, 1.165) is 5.56 Å². The third kappa shape index (κ3) is 2.91. The smallest absolute Gasteiger partial charge is 0.281 e. The zero-order chi connectivity index (χ0) is 14.8. The molecule has 1 aromatic carbocycles. The van der Waals surface area contributed by atoms with E-state index in [2.05, 4.69) is 9.71 Å². The minimum absolute atomic E-state index is 0.127. The molecule has 2 rings (SSSR count). The fraction of sp³-hybridized carbons (Fsp3) is 0.214. The summed E-state index contributed by atoms with van der Waals surface area (Å²) in [6.07, 6.45) is 1.40. The standard InChI is InChI=1S/C14H17N3O2S/c1-10(2)11-6-3-4-8-13(11)17-20(18,19)14-12(15)7-5-9-16-14/h3-10,17H,15H2,1-2H3. The van der Waals surface area contributed by atoms with Crippen molar-refractivity contribution in [3.63, 3.8) is 0 Å². The van der Waals surface area contributed by atoms with Gasteiger partial charge in [-0.1, -0.05) is 32.0 Å². The van der Waals surface area contributed by atoms with E-state index in [4.69, 9.17) is 5.73 Å². The molecule has 1 aromatic heterocycles. The monoisotopic (exact) mass is 291 g/mol. The zero-order valence-electron chi connectivity index (χ0n) is 11.4. The highest BCUT2D eigenvalue weighted by molar-refractivity contribution is 7.92. The molecule has 0 unspecified atom stereocenters. The molecule has 20 heavy (non-hydrogen) atoms. The molecule has 106 valence electrons. The van der Waals surface area contributed by atoms with Gasteiger partial charge in [-0.2, -0.15) is 8.42 Å². The van der Waals surface area contributed by atoms with Crippen LogP contribution >= 0.6 is 0 Å². The van der Waals surface area contributed by atoms with Crippen molar-refractivity contribution in [2.45, 2.75) is 24.8 Å². The molecule has 6 heteroatoms. The van der Waals surface area contributed by atoms with Crippen molar-refractivity contribution in [2.75, 3.05) is 10.5 Å². The molecule has 0 amide bonds. The molecule has 1 heterocycles. The molecule has 0 aliphatic carbocycles. The Balaban J connectivity index is 2.42. The maximum atomic E-state index is 12.3. The number of nitrogen functional groups attached to an aromatic ring is 1. The minimum Gasteiger partial charge on any atom is -0.396 e. The number of benzene rings is 1. The lowest BCUT2D eigenvalue weighted by Crippen LogP contribution is -2.17. The third-order valence-electron chi connectivity index (χ3n) is 2.88. The van der Waals surface area contributed by atoms with Gasteiger partial charge in [0.25, 0.3) is 10.0 Å². The van der Waals surface area contributed by atoms with Crippen LogP contribution in [-0.4, -0.2) is 13.4 Å². The van der Waals surface area contributed by atoms with Crippen LogP contribution in [0.25, 0.3) is 0 Å². The van der Waals surface area contributed by atoms with E-state index in [9.17, 15) is 8.42 Å². The van der Waals surface area contributed by atoms with Crippen molar-refractivity contribution in [3.8, 4) is 0 Å². The van der Waals surface area contributed by atoms with Crippen LogP contribution < -0.4 is 10.5 Å². The number of nitrogens with zero attached hydrogens (tertiary/aromatic N) is 1. The average molecular weight is 291 g/mol. The van der Waals surface area contributed by atoms with Crippen LogP contribution in [-0.2, 0) is 10.0 Å². The zero-order valence-corrected chi connectivity index (χ0v) is 12.2. The van der Waals surface area contributed by atoms with Gasteiger partial charge in [-0.25, -0.2) is 4.98 Å². The Labute approximate surface area is 118 Å². The molecule has 0 saturated carbocycles. The fourth-order valence-electron chi connectivity index (χ4n) is 1.91. The Hall–Kier alpha value is -2.08. The van der Waals surface area contributed by atoms with Crippen LogP contribution in [0.15, 0.2) is 47.6 Å². The van der Waals surface area contributed by atoms with Crippen LogP contribution in [0, 0.1) is 0 Å². The Morgan fingerprint density at radius 3 is 2.50 bits per heavy atom. The molecule has 0 fully saturated rings. The van der Waals surface area contributed by atoms with Gasteiger partial charge in [-0.3, -0.25) is 4.72 Å². The molecule has 0 aliphatic rings. The number of para-hydroxylation sites is 1. The fourth-order valence-corrected chi connectivity index (χ4v) is 3.06. The summed E-state index contributed by atoms with van der Waals surface area (Å²) in [4.78, 5) is 3.85. The molecule has 0 radical (unpaired) electrons. The summed E-state index contributed by atoms with van der Waals surface area (Å²) in [5, 5.41) is -0.154. The second-order valence-corrected chi connectivity index (χ2v) is 6.34. The molecule has 0 saturated heterocycles. The maximum absolute atomic E-state index is 12.3. The number of sulfonamides is 1. The summed E-state index contributed by atoms with van der Waals surface area (Å²) in [5.74, 6) is 0.204. The maximum Gasteiger partial charge on any atom is 0.281 e. The van der Waals surface area contributed by atoms with Crippen molar-refractivity contribution >= 4 is 21.4 Å². The van der Waals surface area contributed by atoms with E-state index in [1.165, 1.54) is 12.3 Å². The van der Waals surface area contributed by atoms with Gasteiger partial charge in [-0.05, 0) is 29.7 Å². The quantitative estimate of drug-likeness (QED) is 0.906. The Morgan fingerprint density at radius 2 is 1.85 bits per heavy atom. The molecule has 0 bridgehead atoms. The first-order chi connectivity index (χ1) is 9.42. The SMILES string of the molecule is CC(C)c1ccccc1NS(=O)(=O)c1ncccc1N. The van der Waals surface area contributed by atoms with Crippen molar-refractivity contribution in [1.29, 1.82) is 0 Å². The van der Waals surface area contributed by atoms with Crippen LogP contribution in [0.3, 0.4) is 0 Å². The van der Waals surface area contributed by atoms with Gasteiger partial charge < -0.3 is 5.73 Å². The Kier molecular flexibility index (Phi) is 3.94. The number of rotatable bonds is 4. The first kappa shape index (κ1) is 14.3. The topological polar surface area (TPSA) is 85.1 Å². The summed E-state index contributed by atoms with van der Waals surface area (Å²) >= 11 is 0. The van der Waals surface area contributed by atoms with E-state index >= 15 is 0 Å². The highest BCUT2D eigenvalue weighted by Crippen LogP contribution is 2.26. The molecular formula is C14H17N3O2S. The number of anilines is 2. The summed E-state index contributed by atoms with van der Waals surface area (Å²) < 4.78 is 27.2. The molecule has 0 aliphatic heterocycles. The van der Waals surface area contributed by atoms with Gasteiger partial charge in [-0.15, -0.1) is 0 Å². The first-order valence-electron chi connectivity index (χ1n) is 6.24. The normalized spacial score (nSPS) is 11.6. The molecule has 2 aromatic rings. The van der Waals surface area contributed by atoms with Gasteiger partial charge in [0.2, 0.25) is 0 Å². The molecule has 0 atom stereocenters. The van der Waals surface area contributed by atoms with Crippen molar-refractivity contribution < 1.29 is 8.42 Å². The lowest BCUT2D eigenvalue weighted by Gasteiger charge is -2.15. The largest absolute Gasteiger partial charge is 0.396 e. The average Bonchev–Trinajstić information content (AvgIpc) is 2.39. The van der Waals surface area contributed by atoms with Gasteiger partial charge >= 0.3 is 0 Å². The molecular weight excluding hydrogens is 274 g/mol. The third-order valence-corrected chi connectivity index (χ3v) is 4.22. The summed E-state index contributed by atoms with van der Waals surface area (Å²) in [6, 6.07) is 10.4. The molecule has 5 nitrogen and oxygen atoms in total. The number of hydrogen-bond donors (Lipinski definition) is 2. The van der Waals surface area contributed by atoms with Crippen LogP contribution in [0.2, 0.25) is 0 Å². The number of pyridine rings is 1. The van der Waals surface area contributed by atoms with Crippen molar-refractivity contribution in [2.24, 2.45) is 0 Å². The van der Waals surface area contributed by atoms with Crippen LogP contribution in [0.1, 0.15) is 25.3 Å². The van der Waals surface area contributed by atoms with E-state index < -0.39 is 10.0 Å². The number of hydrogen-bond acceptors (Lipinski definition) is 4. The first-order valence-corrected chi connectivity index (χ1v) is 7.72. The van der Waals surface area contributed by atoms with Gasteiger partial charge in [0.15, 0.2) is 5.03 Å². The predicted molar refractivity (Wildman–Crippen MR) is 80.0 cm³/mol. The Bertz CT molecular complexity index is 712.